The number of amides is 1. The number of hydrogen-bond acceptors (Lipinski definition) is 6. The fourth-order valence-corrected chi connectivity index (χ4v) is 2.25. The van der Waals surface area contributed by atoms with Crippen LogP contribution in [0.4, 0.5) is 0 Å². The van der Waals surface area contributed by atoms with Crippen LogP contribution in [0.1, 0.15) is 66.3 Å². The van der Waals surface area contributed by atoms with Gasteiger partial charge in [0.25, 0.3) is 5.91 Å². The number of ether oxygens (including phenoxy) is 2. The number of methoxy groups -OCH3 is 1. The summed E-state index contributed by atoms with van der Waals surface area (Å²) >= 11 is 0. The smallest absolute Gasteiger partial charge is 0.339 e. The van der Waals surface area contributed by atoms with Gasteiger partial charge in [0, 0.05) is 6.20 Å². The fraction of sp³-hybridized carbons (Fsp3) is 0.556. The highest BCUT2D eigenvalue weighted by atomic mass is 16.5. The lowest BCUT2D eigenvalue weighted by atomic mass is 10.1. The second kappa shape index (κ2) is 11.8. The third-order valence-electron chi connectivity index (χ3n) is 3.65. The van der Waals surface area contributed by atoms with Crippen LogP contribution in [-0.4, -0.2) is 48.2 Å². The molecule has 8 heteroatoms. The topological polar surface area (TPSA) is 115 Å². The zero-order chi connectivity index (χ0) is 19.4. The van der Waals surface area contributed by atoms with Crippen molar-refractivity contribution in [1.82, 2.24) is 10.3 Å². The van der Waals surface area contributed by atoms with Crippen LogP contribution in [0.2, 0.25) is 0 Å². The van der Waals surface area contributed by atoms with E-state index in [4.69, 9.17) is 14.6 Å². The molecule has 0 aliphatic carbocycles. The lowest BCUT2D eigenvalue weighted by molar-refractivity contribution is -0.135. The molecule has 0 saturated carbocycles. The van der Waals surface area contributed by atoms with Gasteiger partial charge in [-0.2, -0.15) is 0 Å². The number of aliphatic carboxylic acids is 1. The second-order valence-corrected chi connectivity index (χ2v) is 5.75. The minimum atomic E-state index is -1.17. The summed E-state index contributed by atoms with van der Waals surface area (Å²) in [5, 5.41) is 10.8. The Hall–Kier alpha value is -2.64. The SMILES string of the molecule is CCCCCCCCOC(=O)c1cnc(C(=O)NCC(=O)O)c(OC)c1. The van der Waals surface area contributed by atoms with Gasteiger partial charge >= 0.3 is 11.9 Å². The zero-order valence-corrected chi connectivity index (χ0v) is 15.2. The predicted molar refractivity (Wildman–Crippen MR) is 94.4 cm³/mol. The molecule has 144 valence electrons. The Balaban J connectivity index is 2.55. The largest absolute Gasteiger partial charge is 0.494 e. The van der Waals surface area contributed by atoms with Crippen LogP contribution in [0.5, 0.6) is 5.75 Å². The van der Waals surface area contributed by atoms with Crippen molar-refractivity contribution in [1.29, 1.82) is 0 Å². The lowest BCUT2D eigenvalue weighted by Gasteiger charge is -2.09. The van der Waals surface area contributed by atoms with E-state index in [9.17, 15) is 14.4 Å². The molecule has 2 N–H and O–H groups in total. The van der Waals surface area contributed by atoms with E-state index in [0.29, 0.717) is 6.61 Å². The monoisotopic (exact) mass is 366 g/mol. The van der Waals surface area contributed by atoms with Crippen molar-refractivity contribution in [3.8, 4) is 5.75 Å². The Bertz CT molecular complexity index is 618. The van der Waals surface area contributed by atoms with E-state index < -0.39 is 24.4 Å². The van der Waals surface area contributed by atoms with Crippen molar-refractivity contribution in [2.45, 2.75) is 45.4 Å². The van der Waals surface area contributed by atoms with Crippen LogP contribution in [0.25, 0.3) is 0 Å². The van der Waals surface area contributed by atoms with Gasteiger partial charge in [0.1, 0.15) is 6.54 Å². The lowest BCUT2D eigenvalue weighted by Crippen LogP contribution is -2.30. The first-order valence-electron chi connectivity index (χ1n) is 8.70. The van der Waals surface area contributed by atoms with Crippen LogP contribution >= 0.6 is 0 Å². The van der Waals surface area contributed by atoms with Crippen molar-refractivity contribution in [2.75, 3.05) is 20.3 Å². The van der Waals surface area contributed by atoms with Crippen molar-refractivity contribution in [2.24, 2.45) is 0 Å². The average Bonchev–Trinajstić information content (AvgIpc) is 2.64. The summed E-state index contributed by atoms with van der Waals surface area (Å²) in [5.41, 5.74) is 0.0730. The molecule has 1 aromatic heterocycles. The van der Waals surface area contributed by atoms with Crippen LogP contribution < -0.4 is 10.1 Å². The van der Waals surface area contributed by atoms with E-state index in [-0.39, 0.29) is 17.0 Å². The molecule has 0 radical (unpaired) electrons. The molecule has 0 aromatic carbocycles. The molecule has 0 aliphatic rings. The number of hydrogen-bond donors (Lipinski definition) is 2. The number of pyridine rings is 1. The molecule has 1 amide bonds. The van der Waals surface area contributed by atoms with E-state index in [1.54, 1.807) is 0 Å². The van der Waals surface area contributed by atoms with Gasteiger partial charge in [-0.1, -0.05) is 39.0 Å². The molecule has 0 aliphatic heterocycles. The molecule has 0 unspecified atom stereocenters. The van der Waals surface area contributed by atoms with Crippen molar-refractivity contribution in [3.05, 3.63) is 23.5 Å². The fourth-order valence-electron chi connectivity index (χ4n) is 2.25. The van der Waals surface area contributed by atoms with Gasteiger partial charge in [-0.15, -0.1) is 0 Å². The summed E-state index contributed by atoms with van der Waals surface area (Å²) in [6, 6.07) is 1.35. The molecule has 1 heterocycles. The van der Waals surface area contributed by atoms with Crippen molar-refractivity contribution < 1.29 is 29.0 Å². The van der Waals surface area contributed by atoms with Gasteiger partial charge in [-0.05, 0) is 12.5 Å². The van der Waals surface area contributed by atoms with Crippen molar-refractivity contribution >= 4 is 17.8 Å². The molecular weight excluding hydrogens is 340 g/mol. The minimum absolute atomic E-state index is 0.0712. The van der Waals surface area contributed by atoms with E-state index in [1.807, 2.05) is 0 Å². The minimum Gasteiger partial charge on any atom is -0.494 e. The maximum Gasteiger partial charge on any atom is 0.339 e. The number of esters is 1. The molecule has 26 heavy (non-hydrogen) atoms. The van der Waals surface area contributed by atoms with Gasteiger partial charge in [0.15, 0.2) is 11.4 Å². The predicted octanol–water partition coefficient (Wildman–Crippen LogP) is 2.42. The molecule has 0 fully saturated rings. The number of rotatable bonds is 12. The number of carbonyl (C=O) groups excluding carboxylic acids is 2. The molecule has 0 saturated heterocycles. The van der Waals surface area contributed by atoms with Crippen LogP contribution in [0.15, 0.2) is 12.3 Å². The molecule has 0 spiro atoms. The Kier molecular flexibility index (Phi) is 9.74. The van der Waals surface area contributed by atoms with Crippen LogP contribution in [0.3, 0.4) is 0 Å². The van der Waals surface area contributed by atoms with Gasteiger partial charge in [0.05, 0.1) is 19.3 Å². The number of aromatic nitrogens is 1. The summed E-state index contributed by atoms with van der Waals surface area (Å²) in [7, 11) is 1.33. The number of carboxylic acid groups (broad SMARTS) is 1. The Morgan fingerprint density at radius 3 is 2.50 bits per heavy atom. The standard InChI is InChI=1S/C18H26N2O6/c1-3-4-5-6-7-8-9-26-18(24)13-10-14(25-2)16(19-11-13)17(23)20-12-15(21)22/h10-11H,3-9,12H2,1-2H3,(H,20,23)(H,21,22). The second-order valence-electron chi connectivity index (χ2n) is 5.75. The first-order chi connectivity index (χ1) is 12.5. The highest BCUT2D eigenvalue weighted by Gasteiger charge is 2.18. The quantitative estimate of drug-likeness (QED) is 0.431. The molecular formula is C18H26N2O6. The van der Waals surface area contributed by atoms with Crippen LogP contribution in [0, 0.1) is 0 Å². The summed E-state index contributed by atoms with van der Waals surface area (Å²) in [6.45, 7) is 1.95. The van der Waals surface area contributed by atoms with E-state index >= 15 is 0 Å². The summed E-state index contributed by atoms with van der Waals surface area (Å²) in [4.78, 5) is 38.3. The van der Waals surface area contributed by atoms with Crippen molar-refractivity contribution in [3.63, 3.8) is 0 Å². The number of unbranched alkanes of at least 4 members (excludes halogenated alkanes) is 5. The Labute approximate surface area is 152 Å². The summed E-state index contributed by atoms with van der Waals surface area (Å²) in [6.07, 6.45) is 7.75. The van der Waals surface area contributed by atoms with Crippen LogP contribution in [-0.2, 0) is 9.53 Å². The maximum absolute atomic E-state index is 12.0. The number of carbonyl (C=O) groups is 3. The first-order valence-corrected chi connectivity index (χ1v) is 8.70. The first kappa shape index (κ1) is 21.4. The normalized spacial score (nSPS) is 10.2. The van der Waals surface area contributed by atoms with Gasteiger partial charge in [-0.3, -0.25) is 9.59 Å². The Morgan fingerprint density at radius 1 is 1.15 bits per heavy atom. The van der Waals surface area contributed by atoms with Gasteiger partial charge < -0.3 is 19.9 Å². The van der Waals surface area contributed by atoms with E-state index in [0.717, 1.165) is 19.3 Å². The third-order valence-corrected chi connectivity index (χ3v) is 3.65. The van der Waals surface area contributed by atoms with E-state index in [1.165, 1.54) is 38.6 Å². The van der Waals surface area contributed by atoms with Gasteiger partial charge in [-0.25, -0.2) is 9.78 Å². The average molecular weight is 366 g/mol. The number of carboxylic acids is 1. The molecule has 1 aromatic rings. The summed E-state index contributed by atoms with van der Waals surface area (Å²) in [5.74, 6) is -2.34. The molecule has 0 atom stereocenters. The summed E-state index contributed by atoms with van der Waals surface area (Å²) < 4.78 is 10.3. The maximum atomic E-state index is 12.0. The molecule has 8 nitrogen and oxygen atoms in total. The highest BCUT2D eigenvalue weighted by molar-refractivity contribution is 5.98. The third kappa shape index (κ3) is 7.50. The van der Waals surface area contributed by atoms with E-state index in [2.05, 4.69) is 17.2 Å². The molecule has 0 bridgehead atoms. The Morgan fingerprint density at radius 2 is 1.85 bits per heavy atom. The zero-order valence-electron chi connectivity index (χ0n) is 15.2. The number of nitrogens with zero attached hydrogens (tertiary/aromatic N) is 1. The van der Waals surface area contributed by atoms with Gasteiger partial charge in [0.2, 0.25) is 0 Å². The molecule has 1 rings (SSSR count). The highest BCUT2D eigenvalue weighted by Crippen LogP contribution is 2.18. The number of nitrogens with one attached hydrogen (secondary N) is 1.